The van der Waals surface area contributed by atoms with E-state index in [2.05, 4.69) is 17.4 Å². The Morgan fingerprint density at radius 3 is 2.74 bits per heavy atom. The second-order valence-corrected chi connectivity index (χ2v) is 7.25. The van der Waals surface area contributed by atoms with Crippen molar-refractivity contribution in [1.82, 2.24) is 0 Å². The monoisotopic (exact) mass is 341 g/mol. The van der Waals surface area contributed by atoms with E-state index in [-0.39, 0.29) is 11.6 Å². The van der Waals surface area contributed by atoms with Crippen LogP contribution in [0, 0.1) is 5.82 Å². The molecule has 114 valence electrons. The molecule has 0 fully saturated rings. The zero-order valence-corrected chi connectivity index (χ0v) is 13.6. The zero-order chi connectivity index (χ0) is 15.8. The van der Waals surface area contributed by atoms with E-state index in [1.54, 1.807) is 30.0 Å². The summed E-state index contributed by atoms with van der Waals surface area (Å²) in [6, 6.07) is 16.3. The van der Waals surface area contributed by atoms with Crippen LogP contribution in [-0.2, 0) is 5.75 Å². The van der Waals surface area contributed by atoms with Crippen LogP contribution in [0.25, 0.3) is 10.4 Å². The first-order chi connectivity index (χ1) is 11.2. The van der Waals surface area contributed by atoms with E-state index in [1.165, 1.54) is 27.9 Å². The van der Waals surface area contributed by atoms with Crippen LogP contribution in [0.15, 0.2) is 59.5 Å². The van der Waals surface area contributed by atoms with Crippen LogP contribution in [0.2, 0.25) is 0 Å². The topological polar surface area (TPSA) is 29.1 Å². The third-order valence-corrected chi connectivity index (χ3v) is 6.00. The molecule has 1 aliphatic heterocycles. The largest absolute Gasteiger partial charge is 0.319 e. The van der Waals surface area contributed by atoms with Crippen molar-refractivity contribution in [3.05, 3.63) is 70.9 Å². The number of para-hydroxylation sites is 1. The Balaban J connectivity index is 1.66. The molecule has 1 aliphatic rings. The van der Waals surface area contributed by atoms with Crippen LogP contribution in [-0.4, -0.2) is 5.91 Å². The minimum atomic E-state index is -0.428. The van der Waals surface area contributed by atoms with Gasteiger partial charge in [0.1, 0.15) is 5.82 Å². The molecule has 0 saturated carbocycles. The third-order valence-electron chi connectivity index (χ3n) is 3.67. The minimum absolute atomic E-state index is 0.207. The lowest BCUT2D eigenvalue weighted by Gasteiger charge is -2.14. The summed E-state index contributed by atoms with van der Waals surface area (Å²) in [5, 5.41) is 2.65. The van der Waals surface area contributed by atoms with Gasteiger partial charge in [-0.3, -0.25) is 4.79 Å². The van der Waals surface area contributed by atoms with Crippen molar-refractivity contribution in [2.45, 2.75) is 10.6 Å². The second kappa shape index (κ2) is 5.83. The number of thiophene rings is 1. The van der Waals surface area contributed by atoms with E-state index in [0.29, 0.717) is 4.88 Å². The van der Waals surface area contributed by atoms with Gasteiger partial charge in [0.25, 0.3) is 5.91 Å². The number of rotatable bonds is 2. The Kier molecular flexibility index (Phi) is 3.67. The molecule has 0 atom stereocenters. The van der Waals surface area contributed by atoms with Gasteiger partial charge in [-0.25, -0.2) is 4.39 Å². The van der Waals surface area contributed by atoms with Crippen LogP contribution in [0.1, 0.15) is 15.2 Å². The average molecular weight is 341 g/mol. The Labute approximate surface area is 141 Å². The molecular weight excluding hydrogens is 329 g/mol. The maximum absolute atomic E-state index is 13.7. The third kappa shape index (κ3) is 2.66. The number of amides is 1. The maximum Gasteiger partial charge on any atom is 0.265 e. The number of benzene rings is 2. The predicted octanol–water partition coefficient (Wildman–Crippen LogP) is 5.41. The normalized spacial score (nSPS) is 12.4. The molecule has 0 aliphatic carbocycles. The van der Waals surface area contributed by atoms with Gasteiger partial charge in [0.05, 0.1) is 10.6 Å². The SMILES string of the molecule is O=C(Nc1ccccc1F)c1cc2c(s1)-c1ccccc1SC2. The van der Waals surface area contributed by atoms with Crippen LogP contribution < -0.4 is 5.32 Å². The molecule has 0 bridgehead atoms. The maximum atomic E-state index is 13.7. The molecule has 2 heterocycles. The molecular formula is C18H12FNOS2. The number of carbonyl (C=O) groups is 1. The molecule has 23 heavy (non-hydrogen) atoms. The van der Waals surface area contributed by atoms with Crippen LogP contribution in [0.5, 0.6) is 0 Å². The highest BCUT2D eigenvalue weighted by molar-refractivity contribution is 7.98. The number of halogens is 1. The highest BCUT2D eigenvalue weighted by Gasteiger charge is 2.22. The Morgan fingerprint density at radius 1 is 1.09 bits per heavy atom. The fourth-order valence-electron chi connectivity index (χ4n) is 2.56. The van der Waals surface area contributed by atoms with Gasteiger partial charge in [-0.1, -0.05) is 30.3 Å². The van der Waals surface area contributed by atoms with Gasteiger partial charge in [-0.15, -0.1) is 23.1 Å². The molecule has 0 unspecified atom stereocenters. The van der Waals surface area contributed by atoms with Gasteiger partial charge >= 0.3 is 0 Å². The summed E-state index contributed by atoms with van der Waals surface area (Å²) in [5.41, 5.74) is 2.55. The molecule has 5 heteroatoms. The molecule has 1 amide bonds. The van der Waals surface area contributed by atoms with Crippen LogP contribution in [0.4, 0.5) is 10.1 Å². The number of nitrogens with one attached hydrogen (secondary N) is 1. The summed E-state index contributed by atoms with van der Waals surface area (Å²) in [5.74, 6) is 0.163. The van der Waals surface area contributed by atoms with Crippen molar-refractivity contribution >= 4 is 34.7 Å². The van der Waals surface area contributed by atoms with E-state index in [9.17, 15) is 9.18 Å². The molecule has 4 rings (SSSR count). The fraction of sp³-hybridized carbons (Fsp3) is 0.0556. The lowest BCUT2D eigenvalue weighted by atomic mass is 10.1. The van der Waals surface area contributed by atoms with Crippen molar-refractivity contribution in [1.29, 1.82) is 0 Å². The van der Waals surface area contributed by atoms with Gasteiger partial charge in [0, 0.05) is 21.1 Å². The number of thioether (sulfide) groups is 1. The molecule has 0 saturated heterocycles. The number of hydrogen-bond acceptors (Lipinski definition) is 3. The van der Waals surface area contributed by atoms with Crippen LogP contribution >= 0.6 is 23.1 Å². The van der Waals surface area contributed by atoms with Gasteiger partial charge in [0.2, 0.25) is 0 Å². The molecule has 1 N–H and O–H groups in total. The van der Waals surface area contributed by atoms with E-state index < -0.39 is 5.82 Å². The Morgan fingerprint density at radius 2 is 1.87 bits per heavy atom. The van der Waals surface area contributed by atoms with Crippen molar-refractivity contribution in [2.24, 2.45) is 0 Å². The van der Waals surface area contributed by atoms with E-state index >= 15 is 0 Å². The summed E-state index contributed by atoms with van der Waals surface area (Å²) in [6.07, 6.45) is 0. The summed E-state index contributed by atoms with van der Waals surface area (Å²) in [7, 11) is 0. The average Bonchev–Trinajstić information content (AvgIpc) is 3.02. The first kappa shape index (κ1) is 14.5. The Bertz CT molecular complexity index is 904. The van der Waals surface area contributed by atoms with Crippen LogP contribution in [0.3, 0.4) is 0 Å². The van der Waals surface area contributed by atoms with Crippen molar-refractivity contribution in [2.75, 3.05) is 5.32 Å². The molecule has 0 radical (unpaired) electrons. The molecule has 2 nitrogen and oxygen atoms in total. The number of anilines is 1. The van der Waals surface area contributed by atoms with Crippen molar-refractivity contribution < 1.29 is 9.18 Å². The van der Waals surface area contributed by atoms with Crippen molar-refractivity contribution in [3.8, 4) is 10.4 Å². The molecule has 1 aromatic heterocycles. The van der Waals surface area contributed by atoms with E-state index in [4.69, 9.17) is 0 Å². The first-order valence-corrected chi connectivity index (χ1v) is 8.93. The zero-order valence-electron chi connectivity index (χ0n) is 12.0. The lowest BCUT2D eigenvalue weighted by molar-refractivity contribution is 0.103. The van der Waals surface area contributed by atoms with Gasteiger partial charge in [-0.2, -0.15) is 0 Å². The number of fused-ring (bicyclic) bond motifs is 3. The quantitative estimate of drug-likeness (QED) is 0.675. The minimum Gasteiger partial charge on any atom is -0.319 e. The number of hydrogen-bond donors (Lipinski definition) is 1. The summed E-state index contributed by atoms with van der Waals surface area (Å²) < 4.78 is 13.7. The second-order valence-electron chi connectivity index (χ2n) is 5.18. The highest BCUT2D eigenvalue weighted by atomic mass is 32.2. The van der Waals surface area contributed by atoms with Gasteiger partial charge in [0.15, 0.2) is 0 Å². The fourth-order valence-corrected chi connectivity index (χ4v) is 4.87. The number of carbonyl (C=O) groups excluding carboxylic acids is 1. The van der Waals surface area contributed by atoms with Gasteiger partial charge < -0.3 is 5.32 Å². The highest BCUT2D eigenvalue weighted by Crippen LogP contribution is 2.45. The first-order valence-electron chi connectivity index (χ1n) is 7.13. The van der Waals surface area contributed by atoms with Crippen molar-refractivity contribution in [3.63, 3.8) is 0 Å². The summed E-state index contributed by atoms with van der Waals surface area (Å²) >= 11 is 3.24. The Hall–Kier alpha value is -2.11. The molecule has 3 aromatic rings. The summed E-state index contributed by atoms with van der Waals surface area (Å²) in [4.78, 5) is 15.4. The molecule has 2 aromatic carbocycles. The van der Waals surface area contributed by atoms with E-state index in [0.717, 1.165) is 16.2 Å². The standard InChI is InChI=1S/C18H12FNOS2/c19-13-6-2-3-7-14(13)20-18(21)16-9-11-10-22-15-8-4-1-5-12(15)17(11)23-16/h1-9H,10H2,(H,20,21). The molecule has 0 spiro atoms. The smallest absolute Gasteiger partial charge is 0.265 e. The predicted molar refractivity (Wildman–Crippen MR) is 93.7 cm³/mol. The van der Waals surface area contributed by atoms with Gasteiger partial charge in [-0.05, 0) is 29.8 Å². The lowest BCUT2D eigenvalue weighted by Crippen LogP contribution is -2.11. The summed E-state index contributed by atoms with van der Waals surface area (Å²) in [6.45, 7) is 0. The van der Waals surface area contributed by atoms with E-state index in [1.807, 2.05) is 18.2 Å².